The van der Waals surface area contributed by atoms with Crippen LogP contribution in [0.5, 0.6) is 0 Å². The second kappa shape index (κ2) is 8.23. The maximum absolute atomic E-state index is 14.8. The lowest BCUT2D eigenvalue weighted by molar-refractivity contribution is 0.450. The third-order valence-electron chi connectivity index (χ3n) is 6.59. The molecule has 34 heavy (non-hydrogen) atoms. The van der Waals surface area contributed by atoms with Crippen molar-refractivity contribution in [3.8, 4) is 0 Å². The molecule has 3 N–H and O–H groups in total. The van der Waals surface area contributed by atoms with E-state index in [1.165, 1.54) is 32.3 Å². The molecule has 3 heterocycles. The van der Waals surface area contributed by atoms with Crippen LogP contribution in [-0.4, -0.2) is 53.1 Å². The van der Waals surface area contributed by atoms with Crippen molar-refractivity contribution >= 4 is 38.2 Å². The van der Waals surface area contributed by atoms with E-state index in [-0.39, 0.29) is 23.2 Å². The van der Waals surface area contributed by atoms with Gasteiger partial charge in [0.25, 0.3) is 0 Å². The first-order valence-electron chi connectivity index (χ1n) is 10.7. The fourth-order valence-corrected chi connectivity index (χ4v) is 6.83. The van der Waals surface area contributed by atoms with Crippen molar-refractivity contribution in [1.29, 1.82) is 5.41 Å². The summed E-state index contributed by atoms with van der Waals surface area (Å²) >= 11 is 0. The molecule has 8 nitrogen and oxygen atoms in total. The Bertz CT molecular complexity index is 1370. The Labute approximate surface area is 196 Å². The summed E-state index contributed by atoms with van der Waals surface area (Å²) in [5.74, 6) is -1.86. The van der Waals surface area contributed by atoms with Gasteiger partial charge in [-0.2, -0.15) is 0 Å². The maximum Gasteiger partial charge on any atom is 0.165 e. The lowest BCUT2D eigenvalue weighted by atomic mass is 9.89. The first kappa shape index (κ1) is 23.9. The number of rotatable bonds is 5. The van der Waals surface area contributed by atoms with Gasteiger partial charge in [0.05, 0.1) is 28.7 Å². The zero-order chi connectivity index (χ0) is 24.9. The second-order valence-electron chi connectivity index (χ2n) is 9.05. The van der Waals surface area contributed by atoms with E-state index in [4.69, 9.17) is 5.41 Å². The number of sulfone groups is 1. The molecule has 0 radical (unpaired) electrons. The Morgan fingerprint density at radius 3 is 2.68 bits per heavy atom. The van der Waals surface area contributed by atoms with Gasteiger partial charge in [-0.3, -0.25) is 15.4 Å². The molecule has 1 saturated heterocycles. The van der Waals surface area contributed by atoms with Crippen molar-refractivity contribution in [2.45, 2.75) is 37.0 Å². The largest absolute Gasteiger partial charge is 0.362 e. The van der Waals surface area contributed by atoms with Crippen LogP contribution < -0.4 is 10.6 Å². The number of aliphatic imine (C=N–C) groups is 1. The zero-order valence-corrected chi connectivity index (χ0v) is 19.9. The van der Waals surface area contributed by atoms with Gasteiger partial charge in [0.2, 0.25) is 0 Å². The molecule has 11 heteroatoms. The van der Waals surface area contributed by atoms with Crippen LogP contribution in [0.4, 0.5) is 14.5 Å². The molecule has 0 aromatic carbocycles. The molecule has 2 aromatic rings. The number of nitrogens with one attached hydrogen (secondary N) is 3. The van der Waals surface area contributed by atoms with Gasteiger partial charge in [0.1, 0.15) is 33.6 Å². The minimum Gasteiger partial charge on any atom is -0.362 e. The average molecular weight is 489 g/mol. The molecule has 1 saturated carbocycles. The van der Waals surface area contributed by atoms with Gasteiger partial charge in [-0.1, -0.05) is 6.58 Å². The summed E-state index contributed by atoms with van der Waals surface area (Å²) in [6.07, 6.45) is 5.36. The van der Waals surface area contributed by atoms with Gasteiger partial charge in [-0.15, -0.1) is 0 Å². The third kappa shape index (κ3) is 3.97. The number of fused-ring (bicyclic) bond motifs is 1. The van der Waals surface area contributed by atoms with E-state index in [9.17, 15) is 17.2 Å². The number of nitrogens with zero attached hydrogens (tertiary/aromatic N) is 3. The molecule has 2 atom stereocenters. The topological polar surface area (TPSA) is 120 Å². The molecular weight excluding hydrogens is 462 g/mol. The number of amidine groups is 2. The van der Waals surface area contributed by atoms with E-state index < -0.39 is 37.5 Å². The molecule has 2 fully saturated rings. The molecule has 0 amide bonds. The normalized spacial score (nSPS) is 27.4. The molecule has 0 unspecified atom stereocenters. The summed E-state index contributed by atoms with van der Waals surface area (Å²) in [6, 6.07) is 2.85. The highest BCUT2D eigenvalue weighted by Gasteiger charge is 2.60. The van der Waals surface area contributed by atoms with Crippen molar-refractivity contribution in [3.05, 3.63) is 54.4 Å². The van der Waals surface area contributed by atoms with Crippen molar-refractivity contribution in [1.82, 2.24) is 15.3 Å². The van der Waals surface area contributed by atoms with Gasteiger partial charge < -0.3 is 10.6 Å². The smallest absolute Gasteiger partial charge is 0.165 e. The summed E-state index contributed by atoms with van der Waals surface area (Å²) in [5, 5.41) is 14.5. The van der Waals surface area contributed by atoms with Gasteiger partial charge in [-0.05, 0) is 44.7 Å². The van der Waals surface area contributed by atoms with E-state index in [1.54, 1.807) is 13.0 Å². The van der Waals surface area contributed by atoms with Crippen molar-refractivity contribution in [3.63, 3.8) is 0 Å². The lowest BCUT2D eigenvalue weighted by Crippen LogP contribution is -2.68. The molecular formula is C23H26F2N6O2S. The summed E-state index contributed by atoms with van der Waals surface area (Å²) in [6.45, 7) is 6.49. The van der Waals surface area contributed by atoms with Gasteiger partial charge in [-0.25, -0.2) is 22.2 Å². The standard InChI is InChI=1S/C23H26F2N6O2S/c1-13(24)16(22(2)12-34(32,33)23(3,14-5-6-14)21(26)31-22)10-19(27-4)30-17-7-8-28-18-9-15(25)11-29-20(17)18/h7-11,14H,1,5-6,12H2,2-4H3,(H2,26,31)(H,27,28,30)/b16-10+/t22-,23-/m0/s1. The number of hydrogen-bond donors (Lipinski definition) is 3. The quantitative estimate of drug-likeness (QED) is 0.336. The summed E-state index contributed by atoms with van der Waals surface area (Å²) in [4.78, 5) is 12.3. The first-order valence-corrected chi connectivity index (χ1v) is 12.4. The Hall–Kier alpha value is -3.21. The molecule has 1 aliphatic carbocycles. The number of hydrogen-bond acceptors (Lipinski definition) is 6. The predicted molar refractivity (Wildman–Crippen MR) is 129 cm³/mol. The summed E-state index contributed by atoms with van der Waals surface area (Å²) < 4.78 is 53.6. The van der Waals surface area contributed by atoms with Crippen LogP contribution in [-0.2, 0) is 9.84 Å². The first-order chi connectivity index (χ1) is 15.9. The van der Waals surface area contributed by atoms with Crippen LogP contribution in [0.1, 0.15) is 26.7 Å². The van der Waals surface area contributed by atoms with Crippen LogP contribution in [0.25, 0.3) is 11.0 Å². The van der Waals surface area contributed by atoms with Crippen molar-refractivity contribution < 1.29 is 17.2 Å². The highest BCUT2D eigenvalue weighted by Crippen LogP contribution is 2.48. The number of anilines is 1. The summed E-state index contributed by atoms with van der Waals surface area (Å²) in [7, 11) is -2.30. The SMILES string of the molecule is C=C(F)/C(=C\C(=N/C)Nc1ccnc2cc(F)cnc12)[C@]1(C)CS(=O)(=O)[C@@](C)(C2CC2)C(=N)N1. The fourth-order valence-electron chi connectivity index (χ4n) is 4.43. The Morgan fingerprint density at radius 2 is 2.09 bits per heavy atom. The number of halogens is 2. The van der Waals surface area contributed by atoms with Crippen LogP contribution in [0.15, 0.2) is 53.6 Å². The minimum atomic E-state index is -3.78. The van der Waals surface area contributed by atoms with Crippen LogP contribution in [0.3, 0.4) is 0 Å². The zero-order valence-electron chi connectivity index (χ0n) is 19.1. The van der Waals surface area contributed by atoms with E-state index in [1.807, 2.05) is 0 Å². The minimum absolute atomic E-state index is 0.0517. The summed E-state index contributed by atoms with van der Waals surface area (Å²) in [5.41, 5.74) is -0.335. The van der Waals surface area contributed by atoms with Gasteiger partial charge in [0, 0.05) is 24.9 Å². The second-order valence-corrected chi connectivity index (χ2v) is 11.4. The van der Waals surface area contributed by atoms with Crippen LogP contribution in [0, 0.1) is 17.1 Å². The fraction of sp³-hybridized carbons (Fsp3) is 0.391. The van der Waals surface area contributed by atoms with Gasteiger partial charge >= 0.3 is 0 Å². The highest BCUT2D eigenvalue weighted by molar-refractivity contribution is 7.93. The molecule has 1 aliphatic heterocycles. The Balaban J connectivity index is 1.71. The molecule has 0 bridgehead atoms. The van der Waals surface area contributed by atoms with Crippen molar-refractivity contribution in [2.24, 2.45) is 10.9 Å². The third-order valence-corrected chi connectivity index (χ3v) is 9.38. The Kier molecular flexibility index (Phi) is 5.79. The lowest BCUT2D eigenvalue weighted by Gasteiger charge is -2.45. The number of pyridine rings is 2. The number of aromatic nitrogens is 2. The molecule has 0 spiro atoms. The van der Waals surface area contributed by atoms with Gasteiger partial charge in [0.15, 0.2) is 9.84 Å². The molecule has 2 aliphatic rings. The molecule has 2 aromatic heterocycles. The Morgan fingerprint density at radius 1 is 1.38 bits per heavy atom. The van der Waals surface area contributed by atoms with Crippen LogP contribution >= 0.6 is 0 Å². The maximum atomic E-state index is 14.8. The van der Waals surface area contributed by atoms with E-state index in [2.05, 4.69) is 32.2 Å². The highest BCUT2D eigenvalue weighted by atomic mass is 32.2. The van der Waals surface area contributed by atoms with Crippen LogP contribution in [0.2, 0.25) is 0 Å². The van der Waals surface area contributed by atoms with Crippen molar-refractivity contribution in [2.75, 3.05) is 18.1 Å². The monoisotopic (exact) mass is 488 g/mol. The van der Waals surface area contributed by atoms with E-state index in [0.29, 0.717) is 16.7 Å². The average Bonchev–Trinajstić information content (AvgIpc) is 3.59. The van der Waals surface area contributed by atoms with E-state index in [0.717, 1.165) is 19.0 Å². The molecule has 4 rings (SSSR count). The van der Waals surface area contributed by atoms with E-state index >= 15 is 0 Å². The molecule has 180 valence electrons. The predicted octanol–water partition coefficient (Wildman–Crippen LogP) is 3.54.